The van der Waals surface area contributed by atoms with Gasteiger partial charge in [0.05, 0.1) is 0 Å². The van der Waals surface area contributed by atoms with Gasteiger partial charge in [-0.2, -0.15) is 0 Å². The fourth-order valence-electron chi connectivity index (χ4n) is 0.977. The van der Waals surface area contributed by atoms with E-state index in [2.05, 4.69) is 15.9 Å². The van der Waals surface area contributed by atoms with E-state index in [1.165, 1.54) is 0 Å². The lowest BCUT2D eigenvalue weighted by molar-refractivity contribution is 0.0823. The number of primary amides is 1. The van der Waals surface area contributed by atoms with E-state index in [4.69, 9.17) is 15.2 Å². The van der Waals surface area contributed by atoms with E-state index >= 15 is 0 Å². The predicted molar refractivity (Wildman–Crippen MR) is 59.8 cm³/mol. The van der Waals surface area contributed by atoms with Crippen LogP contribution in [-0.2, 0) is 4.74 Å². The van der Waals surface area contributed by atoms with Crippen LogP contribution < -0.4 is 10.5 Å². The normalized spacial score (nSPS) is 11.9. The Labute approximate surface area is 96.5 Å². The average Bonchev–Trinajstić information content (AvgIpc) is 2.16. The molecule has 0 fully saturated rings. The van der Waals surface area contributed by atoms with E-state index in [-0.39, 0.29) is 12.7 Å². The quantitative estimate of drug-likeness (QED) is 0.916. The van der Waals surface area contributed by atoms with Crippen molar-refractivity contribution in [1.82, 2.24) is 0 Å². The maximum atomic E-state index is 10.4. The molecular weight excluding hydrogens is 262 g/mol. The molecule has 0 aromatic heterocycles. The molecule has 1 aromatic rings. The zero-order valence-corrected chi connectivity index (χ0v) is 9.86. The molecule has 5 heteroatoms. The number of ether oxygens (including phenoxy) is 2. The van der Waals surface area contributed by atoms with Gasteiger partial charge in [-0.05, 0) is 31.2 Å². The van der Waals surface area contributed by atoms with Crippen LogP contribution in [0.4, 0.5) is 4.79 Å². The minimum Gasteiger partial charge on any atom is -0.490 e. The van der Waals surface area contributed by atoms with Crippen LogP contribution in [0.3, 0.4) is 0 Å². The molecule has 0 heterocycles. The van der Waals surface area contributed by atoms with Gasteiger partial charge in [0.1, 0.15) is 18.5 Å². The van der Waals surface area contributed by atoms with Crippen LogP contribution in [0, 0.1) is 0 Å². The van der Waals surface area contributed by atoms with Gasteiger partial charge in [-0.15, -0.1) is 0 Å². The standard InChI is InChI=1S/C10H12BrNO3/c1-7(15-10(12)13)6-14-9-4-2-8(11)3-5-9/h2-5,7H,6H2,1H3,(H2,12,13)/t7-/m1/s1. The molecule has 0 unspecified atom stereocenters. The van der Waals surface area contributed by atoms with E-state index in [0.717, 1.165) is 10.2 Å². The summed E-state index contributed by atoms with van der Waals surface area (Å²) in [7, 11) is 0. The number of carbonyl (C=O) groups excluding carboxylic acids is 1. The van der Waals surface area contributed by atoms with Gasteiger partial charge in [-0.1, -0.05) is 15.9 Å². The van der Waals surface area contributed by atoms with Crippen molar-refractivity contribution in [2.24, 2.45) is 5.73 Å². The molecule has 1 aromatic carbocycles. The highest BCUT2D eigenvalue weighted by atomic mass is 79.9. The van der Waals surface area contributed by atoms with Crippen molar-refractivity contribution < 1.29 is 14.3 Å². The van der Waals surface area contributed by atoms with Gasteiger partial charge in [0.25, 0.3) is 0 Å². The third-order valence-corrected chi connectivity index (χ3v) is 2.14. The number of benzene rings is 1. The lowest BCUT2D eigenvalue weighted by atomic mass is 10.3. The number of carbonyl (C=O) groups is 1. The summed E-state index contributed by atoms with van der Waals surface area (Å²) in [5.41, 5.74) is 4.86. The second-order valence-corrected chi connectivity index (χ2v) is 3.93. The Kier molecular flexibility index (Phi) is 4.42. The van der Waals surface area contributed by atoms with Crippen molar-refractivity contribution in [3.8, 4) is 5.75 Å². The van der Waals surface area contributed by atoms with E-state index < -0.39 is 6.09 Å². The summed E-state index contributed by atoms with van der Waals surface area (Å²) in [4.78, 5) is 10.4. The number of hydrogen-bond donors (Lipinski definition) is 1. The third kappa shape index (κ3) is 4.69. The second kappa shape index (κ2) is 5.60. The summed E-state index contributed by atoms with van der Waals surface area (Å²) in [5, 5.41) is 0. The SMILES string of the molecule is C[C@H](COc1ccc(Br)cc1)OC(N)=O. The number of halogens is 1. The van der Waals surface area contributed by atoms with Crippen molar-refractivity contribution >= 4 is 22.0 Å². The van der Waals surface area contributed by atoms with Crippen LogP contribution in [0.1, 0.15) is 6.92 Å². The van der Waals surface area contributed by atoms with Gasteiger partial charge < -0.3 is 15.2 Å². The molecule has 0 radical (unpaired) electrons. The highest BCUT2D eigenvalue weighted by molar-refractivity contribution is 9.10. The number of amides is 1. The zero-order chi connectivity index (χ0) is 11.3. The first-order chi connectivity index (χ1) is 7.08. The fourth-order valence-corrected chi connectivity index (χ4v) is 1.24. The Morgan fingerprint density at radius 2 is 2.07 bits per heavy atom. The molecule has 1 amide bonds. The summed E-state index contributed by atoms with van der Waals surface area (Å²) < 4.78 is 11.1. The lowest BCUT2D eigenvalue weighted by Crippen LogP contribution is -2.25. The van der Waals surface area contributed by atoms with Crippen LogP contribution in [0.5, 0.6) is 5.75 Å². The van der Waals surface area contributed by atoms with Crippen molar-refractivity contribution in [3.05, 3.63) is 28.7 Å². The summed E-state index contributed by atoms with van der Waals surface area (Å²) in [6.07, 6.45) is -1.15. The van der Waals surface area contributed by atoms with Gasteiger partial charge >= 0.3 is 6.09 Å². The molecule has 82 valence electrons. The maximum Gasteiger partial charge on any atom is 0.404 e. The van der Waals surface area contributed by atoms with E-state index in [9.17, 15) is 4.79 Å². The molecule has 1 rings (SSSR count). The topological polar surface area (TPSA) is 61.6 Å². The average molecular weight is 274 g/mol. The Bertz CT molecular complexity index is 326. The smallest absolute Gasteiger partial charge is 0.404 e. The summed E-state index contributed by atoms with van der Waals surface area (Å²) in [6.45, 7) is 1.99. The minimum atomic E-state index is -0.790. The predicted octanol–water partition coefficient (Wildman–Crippen LogP) is 2.31. The van der Waals surface area contributed by atoms with Gasteiger partial charge in [-0.3, -0.25) is 0 Å². The van der Waals surface area contributed by atoms with Crippen LogP contribution in [0.25, 0.3) is 0 Å². The van der Waals surface area contributed by atoms with Gasteiger partial charge in [0.15, 0.2) is 0 Å². The number of nitrogens with two attached hydrogens (primary N) is 1. The Morgan fingerprint density at radius 1 is 1.47 bits per heavy atom. The minimum absolute atomic E-state index is 0.282. The lowest BCUT2D eigenvalue weighted by Gasteiger charge is -2.12. The molecule has 4 nitrogen and oxygen atoms in total. The molecule has 0 saturated carbocycles. The van der Waals surface area contributed by atoms with Crippen LogP contribution in [0.2, 0.25) is 0 Å². The number of rotatable bonds is 4. The monoisotopic (exact) mass is 273 g/mol. The zero-order valence-electron chi connectivity index (χ0n) is 8.27. The molecule has 0 spiro atoms. The summed E-state index contributed by atoms with van der Waals surface area (Å²) in [6, 6.07) is 7.38. The first-order valence-electron chi connectivity index (χ1n) is 4.42. The van der Waals surface area contributed by atoms with Crippen molar-refractivity contribution in [2.75, 3.05) is 6.61 Å². The fraction of sp³-hybridized carbons (Fsp3) is 0.300. The van der Waals surface area contributed by atoms with Gasteiger partial charge in [0, 0.05) is 4.47 Å². The first kappa shape index (κ1) is 11.8. The third-order valence-electron chi connectivity index (χ3n) is 1.62. The van der Waals surface area contributed by atoms with Crippen molar-refractivity contribution in [2.45, 2.75) is 13.0 Å². The molecule has 2 N–H and O–H groups in total. The van der Waals surface area contributed by atoms with Crippen LogP contribution in [0.15, 0.2) is 28.7 Å². The molecular formula is C10H12BrNO3. The van der Waals surface area contributed by atoms with Crippen molar-refractivity contribution in [1.29, 1.82) is 0 Å². The Hall–Kier alpha value is -1.23. The molecule has 0 bridgehead atoms. The molecule has 0 saturated heterocycles. The number of hydrogen-bond acceptors (Lipinski definition) is 3. The van der Waals surface area contributed by atoms with E-state index in [1.807, 2.05) is 24.3 Å². The summed E-state index contributed by atoms with van der Waals surface area (Å²) in [5.74, 6) is 0.720. The Balaban J connectivity index is 2.36. The molecule has 0 aliphatic rings. The summed E-state index contributed by atoms with van der Waals surface area (Å²) >= 11 is 3.32. The maximum absolute atomic E-state index is 10.4. The second-order valence-electron chi connectivity index (χ2n) is 3.01. The van der Waals surface area contributed by atoms with Gasteiger partial charge in [0.2, 0.25) is 0 Å². The van der Waals surface area contributed by atoms with Crippen LogP contribution in [-0.4, -0.2) is 18.8 Å². The van der Waals surface area contributed by atoms with Gasteiger partial charge in [-0.25, -0.2) is 4.79 Å². The first-order valence-corrected chi connectivity index (χ1v) is 5.21. The highest BCUT2D eigenvalue weighted by Crippen LogP contribution is 2.16. The molecule has 1 atom stereocenters. The Morgan fingerprint density at radius 3 is 2.60 bits per heavy atom. The molecule has 0 aliphatic heterocycles. The van der Waals surface area contributed by atoms with Crippen molar-refractivity contribution in [3.63, 3.8) is 0 Å². The highest BCUT2D eigenvalue weighted by Gasteiger charge is 2.06. The largest absolute Gasteiger partial charge is 0.490 e. The molecule has 0 aliphatic carbocycles. The van der Waals surface area contributed by atoms with E-state index in [0.29, 0.717) is 0 Å². The molecule has 15 heavy (non-hydrogen) atoms. The van der Waals surface area contributed by atoms with E-state index in [1.54, 1.807) is 6.92 Å². The van der Waals surface area contributed by atoms with Crippen LogP contribution >= 0.6 is 15.9 Å².